The molecular formula is C14H21NO2. The number of hydrogen-bond acceptors (Lipinski definition) is 3. The number of rotatable bonds is 5. The van der Waals surface area contributed by atoms with Gasteiger partial charge < -0.3 is 9.84 Å². The number of aliphatic hydroxyl groups is 1. The van der Waals surface area contributed by atoms with Crippen LogP contribution in [0.5, 0.6) is 0 Å². The van der Waals surface area contributed by atoms with Gasteiger partial charge in [0, 0.05) is 19.6 Å². The van der Waals surface area contributed by atoms with Crippen LogP contribution in [0.4, 0.5) is 0 Å². The number of piperidine rings is 1. The zero-order valence-corrected chi connectivity index (χ0v) is 10.2. The number of ether oxygens (including phenoxy) is 1. The van der Waals surface area contributed by atoms with Crippen LogP contribution >= 0.6 is 0 Å². The van der Waals surface area contributed by atoms with Gasteiger partial charge in [-0.3, -0.25) is 4.90 Å². The van der Waals surface area contributed by atoms with Crippen molar-refractivity contribution < 1.29 is 9.84 Å². The molecule has 17 heavy (non-hydrogen) atoms. The lowest BCUT2D eigenvalue weighted by Gasteiger charge is -2.31. The first-order chi connectivity index (χ1) is 8.38. The van der Waals surface area contributed by atoms with Gasteiger partial charge in [-0.05, 0) is 18.4 Å². The maximum absolute atomic E-state index is 8.71. The van der Waals surface area contributed by atoms with Crippen LogP contribution in [0.15, 0.2) is 30.3 Å². The van der Waals surface area contributed by atoms with Crippen LogP contribution < -0.4 is 0 Å². The molecule has 1 saturated heterocycles. The van der Waals surface area contributed by atoms with E-state index in [1.54, 1.807) is 0 Å². The molecule has 0 unspecified atom stereocenters. The molecule has 0 saturated carbocycles. The molecule has 1 aliphatic heterocycles. The van der Waals surface area contributed by atoms with E-state index in [9.17, 15) is 0 Å². The highest BCUT2D eigenvalue weighted by atomic mass is 16.5. The van der Waals surface area contributed by atoms with Crippen molar-refractivity contribution in [2.75, 3.05) is 26.3 Å². The molecule has 0 radical (unpaired) electrons. The van der Waals surface area contributed by atoms with E-state index >= 15 is 0 Å². The van der Waals surface area contributed by atoms with Crippen molar-refractivity contribution in [1.82, 2.24) is 4.90 Å². The molecule has 0 spiro atoms. The minimum atomic E-state index is 0.129. The van der Waals surface area contributed by atoms with Gasteiger partial charge in [0.2, 0.25) is 0 Å². The SMILES string of the molecule is OCCOC1CCN(Cc2ccccc2)CC1. The molecule has 1 aromatic carbocycles. The van der Waals surface area contributed by atoms with E-state index in [2.05, 4.69) is 35.2 Å². The van der Waals surface area contributed by atoms with Crippen molar-refractivity contribution in [3.63, 3.8) is 0 Å². The zero-order chi connectivity index (χ0) is 11.9. The second-order valence-corrected chi connectivity index (χ2v) is 4.56. The quantitative estimate of drug-likeness (QED) is 0.842. The van der Waals surface area contributed by atoms with Gasteiger partial charge in [-0.15, -0.1) is 0 Å². The van der Waals surface area contributed by atoms with Crippen LogP contribution in [0, 0.1) is 0 Å². The number of nitrogens with zero attached hydrogens (tertiary/aromatic N) is 1. The summed E-state index contributed by atoms with van der Waals surface area (Å²) in [6.45, 7) is 3.82. The molecule has 0 aliphatic carbocycles. The molecule has 0 amide bonds. The van der Waals surface area contributed by atoms with Crippen LogP contribution in [-0.2, 0) is 11.3 Å². The van der Waals surface area contributed by atoms with Crippen molar-refractivity contribution >= 4 is 0 Å². The first-order valence-corrected chi connectivity index (χ1v) is 6.37. The van der Waals surface area contributed by atoms with Crippen molar-refractivity contribution in [2.24, 2.45) is 0 Å². The van der Waals surface area contributed by atoms with Crippen molar-refractivity contribution in [1.29, 1.82) is 0 Å². The largest absolute Gasteiger partial charge is 0.394 e. The molecule has 3 nitrogen and oxygen atoms in total. The normalized spacial score (nSPS) is 18.4. The van der Waals surface area contributed by atoms with Gasteiger partial charge in [0.1, 0.15) is 0 Å². The van der Waals surface area contributed by atoms with Gasteiger partial charge in [0.05, 0.1) is 19.3 Å². The van der Waals surface area contributed by atoms with E-state index in [1.165, 1.54) is 5.56 Å². The minimum absolute atomic E-state index is 0.129. The molecule has 1 N–H and O–H groups in total. The van der Waals surface area contributed by atoms with E-state index in [0.29, 0.717) is 12.7 Å². The third-order valence-corrected chi connectivity index (χ3v) is 3.23. The summed E-state index contributed by atoms with van der Waals surface area (Å²) < 4.78 is 5.55. The van der Waals surface area contributed by atoms with E-state index in [1.807, 2.05) is 0 Å². The van der Waals surface area contributed by atoms with Gasteiger partial charge >= 0.3 is 0 Å². The lowest BCUT2D eigenvalue weighted by Crippen LogP contribution is -2.36. The smallest absolute Gasteiger partial charge is 0.0701 e. The second kappa shape index (κ2) is 6.74. The average Bonchev–Trinajstić information content (AvgIpc) is 2.39. The Balaban J connectivity index is 1.72. The highest BCUT2D eigenvalue weighted by molar-refractivity contribution is 5.14. The maximum atomic E-state index is 8.71. The Bertz CT molecular complexity index is 307. The molecule has 0 atom stereocenters. The highest BCUT2D eigenvalue weighted by Gasteiger charge is 2.19. The van der Waals surface area contributed by atoms with Gasteiger partial charge in [-0.1, -0.05) is 30.3 Å². The van der Waals surface area contributed by atoms with Gasteiger partial charge in [-0.2, -0.15) is 0 Å². The predicted octanol–water partition coefficient (Wildman–Crippen LogP) is 1.66. The van der Waals surface area contributed by atoms with Gasteiger partial charge in [0.25, 0.3) is 0 Å². The Morgan fingerprint density at radius 2 is 1.88 bits per heavy atom. The third-order valence-electron chi connectivity index (χ3n) is 3.23. The van der Waals surface area contributed by atoms with Crippen LogP contribution in [0.1, 0.15) is 18.4 Å². The minimum Gasteiger partial charge on any atom is -0.394 e. The molecule has 3 heteroatoms. The monoisotopic (exact) mass is 235 g/mol. The highest BCUT2D eigenvalue weighted by Crippen LogP contribution is 2.15. The third kappa shape index (κ3) is 4.11. The van der Waals surface area contributed by atoms with E-state index in [4.69, 9.17) is 9.84 Å². The summed E-state index contributed by atoms with van der Waals surface area (Å²) in [5, 5.41) is 8.71. The fourth-order valence-corrected chi connectivity index (χ4v) is 2.30. The Hall–Kier alpha value is -0.900. The van der Waals surface area contributed by atoms with Crippen molar-refractivity contribution in [3.8, 4) is 0 Å². The first-order valence-electron chi connectivity index (χ1n) is 6.37. The summed E-state index contributed by atoms with van der Waals surface area (Å²) in [6.07, 6.45) is 2.49. The molecule has 0 bridgehead atoms. The van der Waals surface area contributed by atoms with Crippen LogP contribution in [0.25, 0.3) is 0 Å². The Labute approximate surface area is 103 Å². The fourth-order valence-electron chi connectivity index (χ4n) is 2.30. The summed E-state index contributed by atoms with van der Waals surface area (Å²) >= 11 is 0. The molecule has 94 valence electrons. The first kappa shape index (κ1) is 12.6. The maximum Gasteiger partial charge on any atom is 0.0701 e. The lowest BCUT2D eigenvalue weighted by atomic mass is 10.1. The summed E-state index contributed by atoms with van der Waals surface area (Å²) in [5.41, 5.74) is 1.38. The molecule has 1 aromatic rings. The number of aliphatic hydroxyl groups excluding tert-OH is 1. The molecule has 0 aromatic heterocycles. The van der Waals surface area contributed by atoms with Crippen LogP contribution in [-0.4, -0.2) is 42.4 Å². The molecule has 1 aliphatic rings. The summed E-state index contributed by atoms with van der Waals surface area (Å²) in [6, 6.07) is 10.6. The lowest BCUT2D eigenvalue weighted by molar-refractivity contribution is -0.00901. The second-order valence-electron chi connectivity index (χ2n) is 4.56. The Morgan fingerprint density at radius 1 is 1.18 bits per heavy atom. The molecule has 1 heterocycles. The van der Waals surface area contributed by atoms with Gasteiger partial charge in [0.15, 0.2) is 0 Å². The van der Waals surface area contributed by atoms with Crippen molar-refractivity contribution in [3.05, 3.63) is 35.9 Å². The molecular weight excluding hydrogens is 214 g/mol. The predicted molar refractivity (Wildman–Crippen MR) is 67.8 cm³/mol. The standard InChI is InChI=1S/C14H21NO2/c16-10-11-17-14-6-8-15(9-7-14)12-13-4-2-1-3-5-13/h1-5,14,16H,6-12H2. The summed E-state index contributed by atoms with van der Waals surface area (Å²) in [7, 11) is 0. The van der Waals surface area contributed by atoms with Gasteiger partial charge in [-0.25, -0.2) is 0 Å². The van der Waals surface area contributed by atoms with Crippen LogP contribution in [0.3, 0.4) is 0 Å². The number of likely N-dealkylation sites (tertiary alicyclic amines) is 1. The Morgan fingerprint density at radius 3 is 2.53 bits per heavy atom. The van der Waals surface area contributed by atoms with Crippen molar-refractivity contribution in [2.45, 2.75) is 25.5 Å². The fraction of sp³-hybridized carbons (Fsp3) is 0.571. The number of benzene rings is 1. The molecule has 2 rings (SSSR count). The average molecular weight is 235 g/mol. The summed E-state index contributed by atoms with van der Waals surface area (Å²) in [4.78, 5) is 2.47. The van der Waals surface area contributed by atoms with E-state index in [0.717, 1.165) is 32.5 Å². The number of hydrogen-bond donors (Lipinski definition) is 1. The topological polar surface area (TPSA) is 32.7 Å². The van der Waals surface area contributed by atoms with E-state index in [-0.39, 0.29) is 6.61 Å². The molecule has 1 fully saturated rings. The zero-order valence-electron chi connectivity index (χ0n) is 10.2. The van der Waals surface area contributed by atoms with E-state index < -0.39 is 0 Å². The van der Waals surface area contributed by atoms with Crippen LogP contribution in [0.2, 0.25) is 0 Å². The summed E-state index contributed by atoms with van der Waals surface area (Å²) in [5.74, 6) is 0. The Kier molecular flexibility index (Phi) is 4.98.